The van der Waals surface area contributed by atoms with Crippen molar-refractivity contribution in [3.05, 3.63) is 78.5 Å². The van der Waals surface area contributed by atoms with Crippen LogP contribution in [0.3, 0.4) is 0 Å². The van der Waals surface area contributed by atoms with E-state index in [4.69, 9.17) is 54.1 Å². The molecule has 308 valence electrons. The molecule has 3 fully saturated rings. The topological polar surface area (TPSA) is 224 Å². The van der Waals surface area contributed by atoms with Gasteiger partial charge in [0.2, 0.25) is 16.2 Å². The number of alkyl halides is 6. The summed E-state index contributed by atoms with van der Waals surface area (Å²) >= 11 is 17.0. The number of aliphatic hydroxyl groups is 2. The predicted octanol–water partition coefficient (Wildman–Crippen LogP) is 2.39. The largest absolute Gasteiger partial charge is 0.394 e. The van der Waals surface area contributed by atoms with Crippen molar-refractivity contribution in [1.82, 2.24) is 24.4 Å². The highest BCUT2D eigenvalue weighted by molar-refractivity contribution is 6.24. The Morgan fingerprint density at radius 3 is 1.55 bits per heavy atom. The van der Waals surface area contributed by atoms with Gasteiger partial charge < -0.3 is 29.7 Å². The lowest BCUT2D eigenvalue weighted by Gasteiger charge is -2.23. The number of hydrogen-bond acceptors (Lipinski definition) is 11. The molecule has 4 aliphatic rings. The average molecular weight is 849 g/mol. The molecule has 2 aromatic heterocycles. The number of H-pyrrole nitrogens is 2. The van der Waals surface area contributed by atoms with Crippen molar-refractivity contribution >= 4 is 46.5 Å². The van der Waals surface area contributed by atoms with Crippen molar-refractivity contribution < 1.29 is 47.2 Å². The van der Waals surface area contributed by atoms with E-state index in [9.17, 15) is 47.0 Å². The van der Waals surface area contributed by atoms with E-state index in [1.807, 2.05) is 23.8 Å². The SMILES string of the molecule is CC[C@H]1O[C@@H](C)[C@@](F)(Cl)[C@@H]1C.CC[C@H]1O[C@@H](n2ccc(=O)[nH]c2=O)[C@@](F)(Cl)[C@@H]1C.O=C1C=CNC(=O)C1.O=c1ccn([C@@H]2O[C@H](CO)[C@@H](O)[C@]2(F)Cl)c(=O)[nH]1. The molecule has 0 spiro atoms. The molecule has 5 N–H and O–H groups in total. The molecule has 0 aromatic carbocycles. The van der Waals surface area contributed by atoms with Crippen LogP contribution in [0.2, 0.25) is 0 Å². The fourth-order valence-corrected chi connectivity index (χ4v) is 6.71. The number of hydrogen-bond donors (Lipinski definition) is 5. The second-order valence-electron chi connectivity index (χ2n) is 13.0. The minimum absolute atomic E-state index is 0.00347. The molecule has 1 amide bonds. The standard InChI is InChI=1S/C11H14ClFN2O3.C9H10ClFN2O5.C8H14ClFO.C5H5NO2/c1-3-7-6(2)11(12,13)9(18-7)15-5-4-8(16)14-10(15)17;10-9(11)6(16)4(3-14)18-7(9)13-2-1-5(15)12-8(13)17;1-4-7-5(2)8(9,10)6(3)11-7;7-4-1-2-6-5(8)3-4/h4-7,9H,3H2,1-2H3,(H,14,16,17);1-2,4,6-7,14,16H,3H2,(H,12,15,17);5-7H,4H2,1-3H3;1-2H,3H2,(H,6,8)/t6-,7-,9-,11-;4-,6-,7-,9-;5-,6+,7-,8-;/m111./s1. The quantitative estimate of drug-likeness (QED) is 0.217. The minimum Gasteiger partial charge on any atom is -0.394 e. The molecule has 0 saturated carbocycles. The van der Waals surface area contributed by atoms with Crippen LogP contribution in [0.25, 0.3) is 0 Å². The highest BCUT2D eigenvalue weighted by Gasteiger charge is 2.58. The van der Waals surface area contributed by atoms with E-state index in [1.54, 1.807) is 20.8 Å². The van der Waals surface area contributed by atoms with Crippen LogP contribution < -0.4 is 27.8 Å². The molecule has 0 aliphatic carbocycles. The van der Waals surface area contributed by atoms with E-state index in [0.717, 1.165) is 29.3 Å². The van der Waals surface area contributed by atoms with Crippen molar-refractivity contribution in [3.8, 4) is 0 Å². The summed E-state index contributed by atoms with van der Waals surface area (Å²) in [4.78, 5) is 69.5. The Hall–Kier alpha value is -3.30. The molecule has 3 saturated heterocycles. The first-order chi connectivity index (χ1) is 25.5. The Balaban J connectivity index is 0.000000206. The summed E-state index contributed by atoms with van der Waals surface area (Å²) in [5.41, 5.74) is -2.87. The van der Waals surface area contributed by atoms with Crippen LogP contribution in [0.1, 0.15) is 66.3 Å². The fraction of sp³-hybridized carbons (Fsp3) is 0.636. The van der Waals surface area contributed by atoms with Gasteiger partial charge in [0.1, 0.15) is 18.3 Å². The van der Waals surface area contributed by atoms with Crippen LogP contribution in [0, 0.1) is 11.8 Å². The molecular weight excluding hydrogens is 806 g/mol. The molecule has 0 bridgehead atoms. The third kappa shape index (κ3) is 10.6. The summed E-state index contributed by atoms with van der Waals surface area (Å²) in [6.45, 7) is 8.29. The van der Waals surface area contributed by atoms with Crippen LogP contribution in [0.15, 0.2) is 56.0 Å². The number of aromatic nitrogens is 4. The average Bonchev–Trinajstić information content (AvgIpc) is 3.57. The molecule has 22 heteroatoms. The Morgan fingerprint density at radius 1 is 0.764 bits per heavy atom. The van der Waals surface area contributed by atoms with Crippen molar-refractivity contribution in [1.29, 1.82) is 0 Å². The van der Waals surface area contributed by atoms with Crippen molar-refractivity contribution in [2.45, 2.75) is 112 Å². The number of rotatable bonds is 5. The lowest BCUT2D eigenvalue weighted by Crippen LogP contribution is -2.41. The number of aliphatic hydroxyl groups excluding tert-OH is 2. The number of carbonyl (C=O) groups excluding carboxylic acids is 2. The minimum atomic E-state index is -2.78. The van der Waals surface area contributed by atoms with E-state index in [2.05, 4.69) is 5.32 Å². The van der Waals surface area contributed by atoms with Crippen molar-refractivity contribution in [2.24, 2.45) is 11.8 Å². The zero-order chi connectivity index (χ0) is 41.6. The van der Waals surface area contributed by atoms with Crippen LogP contribution in [-0.4, -0.2) is 93.5 Å². The summed E-state index contributed by atoms with van der Waals surface area (Å²) in [6, 6.07) is 2.11. The van der Waals surface area contributed by atoms with Crippen LogP contribution in [-0.2, 0) is 23.8 Å². The second kappa shape index (κ2) is 18.8. The molecule has 6 heterocycles. The zero-order valence-electron chi connectivity index (χ0n) is 30.2. The molecule has 6 rings (SSSR count). The molecule has 16 nitrogen and oxygen atoms in total. The van der Waals surface area contributed by atoms with Gasteiger partial charge in [-0.2, -0.15) is 0 Å². The summed E-state index contributed by atoms with van der Waals surface area (Å²) in [5, 5.41) is 14.2. The van der Waals surface area contributed by atoms with Gasteiger partial charge in [0.25, 0.3) is 16.2 Å². The lowest BCUT2D eigenvalue weighted by molar-refractivity contribution is -0.126. The fourth-order valence-electron chi connectivity index (χ4n) is 5.92. The summed E-state index contributed by atoms with van der Waals surface area (Å²) in [6.07, 6.45) is -0.497. The van der Waals surface area contributed by atoms with Gasteiger partial charge in [-0.1, -0.05) is 62.5 Å². The zero-order valence-corrected chi connectivity index (χ0v) is 32.5. The maximum atomic E-state index is 14.5. The van der Waals surface area contributed by atoms with Crippen molar-refractivity contribution in [3.63, 3.8) is 0 Å². The summed E-state index contributed by atoms with van der Waals surface area (Å²) in [7, 11) is 0. The molecule has 4 aliphatic heterocycles. The number of carbonyl (C=O) groups is 2. The Bertz CT molecular complexity index is 1820. The third-order valence-corrected chi connectivity index (χ3v) is 10.9. The van der Waals surface area contributed by atoms with Gasteiger partial charge >= 0.3 is 11.4 Å². The van der Waals surface area contributed by atoms with E-state index in [0.29, 0.717) is 11.0 Å². The highest BCUT2D eigenvalue weighted by Crippen LogP contribution is 2.49. The second-order valence-corrected chi connectivity index (χ2v) is 14.7. The monoisotopic (exact) mass is 847 g/mol. The Labute approximate surface area is 326 Å². The van der Waals surface area contributed by atoms with Gasteiger partial charge in [0.15, 0.2) is 18.2 Å². The van der Waals surface area contributed by atoms with Crippen LogP contribution in [0.5, 0.6) is 0 Å². The lowest BCUT2D eigenvalue weighted by atomic mass is 9.98. The van der Waals surface area contributed by atoms with Gasteiger partial charge in [-0.3, -0.25) is 38.3 Å². The van der Waals surface area contributed by atoms with Crippen LogP contribution >= 0.6 is 34.8 Å². The normalized spacial score (nSPS) is 36.5. The smallest absolute Gasteiger partial charge is 0.330 e. The first-order valence-electron chi connectivity index (χ1n) is 17.0. The highest BCUT2D eigenvalue weighted by atomic mass is 35.5. The molecule has 0 unspecified atom stereocenters. The Kier molecular flexibility index (Phi) is 15.7. The van der Waals surface area contributed by atoms with Gasteiger partial charge in [0.05, 0.1) is 25.2 Å². The molecule has 55 heavy (non-hydrogen) atoms. The molecule has 12 atom stereocenters. The van der Waals surface area contributed by atoms with E-state index in [1.165, 1.54) is 18.5 Å². The van der Waals surface area contributed by atoms with E-state index in [-0.39, 0.29) is 36.2 Å². The van der Waals surface area contributed by atoms with Crippen LogP contribution in [0.4, 0.5) is 13.2 Å². The third-order valence-electron chi connectivity index (χ3n) is 9.30. The maximum absolute atomic E-state index is 14.5. The molecule has 2 aromatic rings. The molecular formula is C33H43Cl3F3N5O11. The number of amides is 1. The predicted molar refractivity (Wildman–Crippen MR) is 193 cm³/mol. The van der Waals surface area contributed by atoms with Gasteiger partial charge in [0, 0.05) is 42.6 Å². The number of nitrogens with zero attached hydrogens (tertiary/aromatic N) is 2. The number of ether oxygens (including phenoxy) is 3. The summed E-state index contributed by atoms with van der Waals surface area (Å²) in [5.74, 6) is -1.11. The van der Waals surface area contributed by atoms with Gasteiger partial charge in [-0.25, -0.2) is 22.8 Å². The number of halogens is 6. The number of ketones is 1. The first kappa shape index (κ1) is 46.1. The Morgan fingerprint density at radius 2 is 1.22 bits per heavy atom. The maximum Gasteiger partial charge on any atom is 0.330 e. The van der Waals surface area contributed by atoms with Crippen molar-refractivity contribution in [2.75, 3.05) is 6.61 Å². The summed E-state index contributed by atoms with van der Waals surface area (Å²) < 4.78 is 59.5. The van der Waals surface area contributed by atoms with Gasteiger partial charge in [-0.05, 0) is 25.8 Å². The van der Waals surface area contributed by atoms with E-state index < -0.39 is 81.2 Å². The number of allylic oxidation sites excluding steroid dienone is 1. The molecule has 0 radical (unpaired) electrons. The number of nitrogens with one attached hydrogen (secondary N) is 3. The van der Waals surface area contributed by atoms with Gasteiger partial charge in [-0.15, -0.1) is 0 Å². The number of aromatic amines is 2. The van der Waals surface area contributed by atoms with E-state index >= 15 is 0 Å². The first-order valence-corrected chi connectivity index (χ1v) is 18.2.